The molecule has 0 saturated carbocycles. The monoisotopic (exact) mass is 264 g/mol. The van der Waals surface area contributed by atoms with Crippen molar-refractivity contribution in [2.45, 2.75) is 59.2 Å². The highest BCUT2D eigenvalue weighted by molar-refractivity contribution is 5.97. The minimum absolute atomic E-state index is 0.0395. The summed E-state index contributed by atoms with van der Waals surface area (Å²) in [7, 11) is 0. The average molecular weight is 264 g/mol. The number of carbonyl (C=O) groups is 2. The SMILES string of the molecule is C#CC(C)N1C(=O)C(C(C)CC)NC(=O)C1C(C)C. The predicted octanol–water partition coefficient (Wildman–Crippen LogP) is 1.41. The number of piperazine rings is 1. The Labute approximate surface area is 115 Å². The van der Waals surface area contributed by atoms with Crippen LogP contribution in [0, 0.1) is 24.2 Å². The van der Waals surface area contributed by atoms with Gasteiger partial charge >= 0.3 is 0 Å². The summed E-state index contributed by atoms with van der Waals surface area (Å²) in [4.78, 5) is 26.5. The molecule has 1 saturated heterocycles. The Kier molecular flexibility index (Phi) is 4.99. The lowest BCUT2D eigenvalue weighted by atomic mass is 9.90. The van der Waals surface area contributed by atoms with Gasteiger partial charge in [-0.1, -0.05) is 40.0 Å². The summed E-state index contributed by atoms with van der Waals surface area (Å²) in [5.41, 5.74) is 0. The van der Waals surface area contributed by atoms with Gasteiger partial charge in [-0.25, -0.2) is 0 Å². The third-order valence-electron chi connectivity index (χ3n) is 3.89. The van der Waals surface area contributed by atoms with E-state index in [1.54, 1.807) is 11.8 Å². The van der Waals surface area contributed by atoms with Gasteiger partial charge in [0, 0.05) is 0 Å². The number of amides is 2. The summed E-state index contributed by atoms with van der Waals surface area (Å²) in [6, 6.07) is -1.29. The lowest BCUT2D eigenvalue weighted by molar-refractivity contribution is -0.154. The van der Waals surface area contributed by atoms with Gasteiger partial charge in [-0.3, -0.25) is 9.59 Å². The summed E-state index contributed by atoms with van der Waals surface area (Å²) >= 11 is 0. The zero-order valence-electron chi connectivity index (χ0n) is 12.4. The maximum atomic E-state index is 12.6. The Morgan fingerprint density at radius 2 is 1.89 bits per heavy atom. The Morgan fingerprint density at radius 1 is 1.32 bits per heavy atom. The van der Waals surface area contributed by atoms with Gasteiger partial charge in [0.25, 0.3) is 0 Å². The van der Waals surface area contributed by atoms with Crippen LogP contribution in [0.1, 0.15) is 41.0 Å². The lowest BCUT2D eigenvalue weighted by Crippen LogP contribution is -2.67. The van der Waals surface area contributed by atoms with Crippen LogP contribution in [0.25, 0.3) is 0 Å². The first-order valence-electron chi connectivity index (χ1n) is 6.93. The van der Waals surface area contributed by atoms with E-state index in [1.807, 2.05) is 27.7 Å². The van der Waals surface area contributed by atoms with Crippen molar-refractivity contribution in [3.05, 3.63) is 0 Å². The number of nitrogens with zero attached hydrogens (tertiary/aromatic N) is 1. The highest BCUT2D eigenvalue weighted by atomic mass is 16.2. The molecule has 4 heteroatoms. The van der Waals surface area contributed by atoms with Crippen molar-refractivity contribution >= 4 is 11.8 Å². The fraction of sp³-hybridized carbons (Fsp3) is 0.733. The Bertz CT molecular complexity index is 397. The molecule has 0 aromatic rings. The van der Waals surface area contributed by atoms with Gasteiger partial charge in [0.05, 0.1) is 6.04 Å². The first-order chi connectivity index (χ1) is 8.84. The van der Waals surface area contributed by atoms with Gasteiger partial charge < -0.3 is 10.2 Å². The third kappa shape index (κ3) is 2.91. The first-order valence-corrected chi connectivity index (χ1v) is 6.93. The molecule has 0 radical (unpaired) electrons. The van der Waals surface area contributed by atoms with Crippen LogP contribution in [-0.2, 0) is 9.59 Å². The smallest absolute Gasteiger partial charge is 0.247 e. The van der Waals surface area contributed by atoms with E-state index < -0.39 is 12.1 Å². The molecule has 1 aliphatic rings. The Morgan fingerprint density at radius 3 is 2.32 bits per heavy atom. The number of nitrogens with one attached hydrogen (secondary N) is 1. The summed E-state index contributed by atoms with van der Waals surface area (Å²) in [6.45, 7) is 9.62. The van der Waals surface area contributed by atoms with Crippen molar-refractivity contribution in [1.82, 2.24) is 10.2 Å². The van der Waals surface area contributed by atoms with E-state index >= 15 is 0 Å². The molecule has 0 aromatic heterocycles. The van der Waals surface area contributed by atoms with Crippen LogP contribution in [0.3, 0.4) is 0 Å². The molecule has 0 aliphatic carbocycles. The van der Waals surface area contributed by atoms with Gasteiger partial charge in [-0.15, -0.1) is 6.42 Å². The van der Waals surface area contributed by atoms with Gasteiger partial charge in [-0.05, 0) is 18.8 Å². The highest BCUT2D eigenvalue weighted by Gasteiger charge is 2.44. The van der Waals surface area contributed by atoms with Crippen LogP contribution in [0.5, 0.6) is 0 Å². The van der Waals surface area contributed by atoms with Crippen LogP contribution in [0.15, 0.2) is 0 Å². The van der Waals surface area contributed by atoms with Crippen molar-refractivity contribution in [2.24, 2.45) is 11.8 Å². The molecule has 1 N–H and O–H groups in total. The number of hydrogen-bond donors (Lipinski definition) is 1. The third-order valence-corrected chi connectivity index (χ3v) is 3.89. The molecule has 1 rings (SSSR count). The summed E-state index contributed by atoms with van der Waals surface area (Å²) in [5, 5.41) is 2.86. The van der Waals surface area contributed by atoms with Gasteiger partial charge in [-0.2, -0.15) is 0 Å². The molecule has 4 nitrogen and oxygen atoms in total. The largest absolute Gasteiger partial charge is 0.342 e. The molecule has 1 heterocycles. The second-order valence-electron chi connectivity index (χ2n) is 5.65. The number of hydrogen-bond acceptors (Lipinski definition) is 2. The average Bonchev–Trinajstić information content (AvgIpc) is 2.38. The summed E-state index contributed by atoms with van der Waals surface area (Å²) in [6.07, 6.45) is 6.29. The van der Waals surface area contributed by atoms with Crippen LogP contribution in [0.2, 0.25) is 0 Å². The minimum atomic E-state index is -0.473. The fourth-order valence-corrected chi connectivity index (χ4v) is 2.48. The molecular formula is C15H24N2O2. The quantitative estimate of drug-likeness (QED) is 0.780. The lowest BCUT2D eigenvalue weighted by Gasteiger charge is -2.44. The molecule has 0 aromatic carbocycles. The molecule has 106 valence electrons. The number of terminal acetylenes is 1. The summed E-state index contributed by atoms with van der Waals surface area (Å²) < 4.78 is 0. The zero-order valence-corrected chi connectivity index (χ0v) is 12.4. The van der Waals surface area contributed by atoms with Crippen molar-refractivity contribution in [3.63, 3.8) is 0 Å². The van der Waals surface area contributed by atoms with Gasteiger partial charge in [0.2, 0.25) is 11.8 Å². The number of carbonyl (C=O) groups excluding carboxylic acids is 2. The van der Waals surface area contributed by atoms with Gasteiger partial charge in [0.15, 0.2) is 0 Å². The first kappa shape index (κ1) is 15.6. The molecule has 0 bridgehead atoms. The second kappa shape index (κ2) is 6.10. The van der Waals surface area contributed by atoms with E-state index in [4.69, 9.17) is 6.42 Å². The van der Waals surface area contributed by atoms with Crippen molar-refractivity contribution in [2.75, 3.05) is 0 Å². The molecule has 4 unspecified atom stereocenters. The molecule has 0 spiro atoms. The zero-order chi connectivity index (χ0) is 14.7. The normalized spacial score (nSPS) is 26.9. The number of rotatable bonds is 4. The molecule has 1 fully saturated rings. The maximum Gasteiger partial charge on any atom is 0.247 e. The molecule has 19 heavy (non-hydrogen) atoms. The second-order valence-corrected chi connectivity index (χ2v) is 5.65. The van der Waals surface area contributed by atoms with Crippen LogP contribution in [0.4, 0.5) is 0 Å². The predicted molar refractivity (Wildman–Crippen MR) is 75.2 cm³/mol. The Balaban J connectivity index is 3.13. The van der Waals surface area contributed by atoms with Crippen molar-refractivity contribution < 1.29 is 9.59 Å². The van der Waals surface area contributed by atoms with Crippen molar-refractivity contribution in [1.29, 1.82) is 0 Å². The fourth-order valence-electron chi connectivity index (χ4n) is 2.48. The van der Waals surface area contributed by atoms with E-state index in [2.05, 4.69) is 11.2 Å². The Hall–Kier alpha value is -1.50. The van der Waals surface area contributed by atoms with Crippen molar-refractivity contribution in [3.8, 4) is 12.3 Å². The van der Waals surface area contributed by atoms with Crippen LogP contribution in [-0.4, -0.2) is 34.8 Å². The minimum Gasteiger partial charge on any atom is -0.342 e. The molecule has 1 aliphatic heterocycles. The van der Waals surface area contributed by atoms with E-state index in [1.165, 1.54) is 0 Å². The van der Waals surface area contributed by atoms with E-state index in [0.29, 0.717) is 0 Å². The maximum absolute atomic E-state index is 12.6. The molecule has 2 amide bonds. The summed E-state index contributed by atoms with van der Waals surface area (Å²) in [5.74, 6) is 2.57. The highest BCUT2D eigenvalue weighted by Crippen LogP contribution is 2.23. The van der Waals surface area contributed by atoms with E-state index in [-0.39, 0.29) is 29.7 Å². The molecular weight excluding hydrogens is 240 g/mol. The standard InChI is InChI=1S/C15H24N2O2/c1-7-10(5)12-15(19)17(11(6)8-2)13(9(3)4)14(18)16-12/h2,9-13H,7H2,1,3-6H3,(H,16,18). The van der Waals surface area contributed by atoms with Gasteiger partial charge in [0.1, 0.15) is 12.1 Å². The topological polar surface area (TPSA) is 49.4 Å². The molecule has 4 atom stereocenters. The van der Waals surface area contributed by atoms with Crippen LogP contribution < -0.4 is 5.32 Å². The van der Waals surface area contributed by atoms with E-state index in [9.17, 15) is 9.59 Å². The van der Waals surface area contributed by atoms with Crippen LogP contribution >= 0.6 is 0 Å². The van der Waals surface area contributed by atoms with E-state index in [0.717, 1.165) is 6.42 Å².